The van der Waals surface area contributed by atoms with Crippen LogP contribution >= 0.6 is 0 Å². The molecule has 0 radical (unpaired) electrons. The Hall–Kier alpha value is -2.53. The Kier molecular flexibility index (Phi) is 4.45. The highest BCUT2D eigenvalue weighted by molar-refractivity contribution is 6.09. The van der Waals surface area contributed by atoms with E-state index >= 15 is 0 Å². The third-order valence-electron chi connectivity index (χ3n) is 3.06. The zero-order valence-electron chi connectivity index (χ0n) is 11.9. The van der Waals surface area contributed by atoms with Crippen molar-refractivity contribution in [1.29, 1.82) is 0 Å². The zero-order chi connectivity index (χ0) is 15.4. The molecule has 108 valence electrons. The lowest BCUT2D eigenvalue weighted by atomic mass is 10.0. The lowest BCUT2D eigenvalue weighted by molar-refractivity contribution is -0.384. The summed E-state index contributed by atoms with van der Waals surface area (Å²) in [4.78, 5) is 24.4. The largest absolute Gasteiger partial charge is 0.305 e. The number of carbonyl (C=O) groups is 1. The van der Waals surface area contributed by atoms with Crippen LogP contribution in [-0.4, -0.2) is 29.7 Å². The maximum Gasteiger partial charge on any atom is 0.269 e. The Bertz CT molecular complexity index is 646. The number of hydrogen-bond acceptors (Lipinski definition) is 4. The van der Waals surface area contributed by atoms with Crippen LogP contribution in [0.2, 0.25) is 0 Å². The first-order valence-electron chi connectivity index (χ1n) is 6.50. The predicted molar refractivity (Wildman–Crippen MR) is 80.4 cm³/mol. The van der Waals surface area contributed by atoms with Crippen LogP contribution in [-0.2, 0) is 6.54 Å². The van der Waals surface area contributed by atoms with Gasteiger partial charge in [0.2, 0.25) is 0 Å². The van der Waals surface area contributed by atoms with Crippen LogP contribution < -0.4 is 0 Å². The van der Waals surface area contributed by atoms with E-state index in [9.17, 15) is 14.9 Å². The molecule has 0 saturated carbocycles. The van der Waals surface area contributed by atoms with E-state index in [4.69, 9.17) is 0 Å². The number of nitro benzene ring substituents is 1. The number of nitrogens with zero attached hydrogens (tertiary/aromatic N) is 2. The van der Waals surface area contributed by atoms with Crippen molar-refractivity contribution in [2.75, 3.05) is 14.1 Å². The summed E-state index contributed by atoms with van der Waals surface area (Å²) in [6.07, 6.45) is 0. The first-order valence-corrected chi connectivity index (χ1v) is 6.50. The van der Waals surface area contributed by atoms with Gasteiger partial charge < -0.3 is 4.90 Å². The Balaban J connectivity index is 2.17. The molecule has 0 spiro atoms. The first-order chi connectivity index (χ1) is 9.97. The van der Waals surface area contributed by atoms with Crippen LogP contribution in [0, 0.1) is 10.1 Å². The number of hydrogen-bond donors (Lipinski definition) is 0. The van der Waals surface area contributed by atoms with Crippen molar-refractivity contribution in [1.82, 2.24) is 4.90 Å². The molecule has 0 saturated heterocycles. The SMILES string of the molecule is CN(C)Cc1ccc(C(=O)c2ccc([N+](=O)[O-])cc2)cc1. The Morgan fingerprint density at radius 1 is 1.00 bits per heavy atom. The molecule has 0 bridgehead atoms. The van der Waals surface area contributed by atoms with Gasteiger partial charge in [0.05, 0.1) is 4.92 Å². The van der Waals surface area contributed by atoms with Crippen molar-refractivity contribution in [2.24, 2.45) is 0 Å². The molecule has 0 aliphatic rings. The lowest BCUT2D eigenvalue weighted by Gasteiger charge is -2.09. The van der Waals surface area contributed by atoms with E-state index in [0.717, 1.165) is 12.1 Å². The van der Waals surface area contributed by atoms with Crippen LogP contribution in [0.5, 0.6) is 0 Å². The summed E-state index contributed by atoms with van der Waals surface area (Å²) >= 11 is 0. The van der Waals surface area contributed by atoms with E-state index in [1.807, 2.05) is 31.1 Å². The average molecular weight is 284 g/mol. The maximum absolute atomic E-state index is 12.3. The number of benzene rings is 2. The van der Waals surface area contributed by atoms with Gasteiger partial charge in [0.15, 0.2) is 5.78 Å². The number of nitro groups is 1. The van der Waals surface area contributed by atoms with Gasteiger partial charge in [-0.3, -0.25) is 14.9 Å². The summed E-state index contributed by atoms with van der Waals surface area (Å²) in [6.45, 7) is 0.812. The minimum atomic E-state index is -0.482. The summed E-state index contributed by atoms with van der Waals surface area (Å²) in [5, 5.41) is 10.6. The average Bonchev–Trinajstić information content (AvgIpc) is 2.47. The second kappa shape index (κ2) is 6.28. The molecule has 0 unspecified atom stereocenters. The molecular weight excluding hydrogens is 268 g/mol. The quantitative estimate of drug-likeness (QED) is 0.481. The maximum atomic E-state index is 12.3. The van der Waals surface area contributed by atoms with Crippen LogP contribution in [0.3, 0.4) is 0 Å². The first kappa shape index (κ1) is 14.9. The molecule has 5 heteroatoms. The van der Waals surface area contributed by atoms with Gasteiger partial charge in [-0.05, 0) is 31.8 Å². The molecule has 2 aromatic carbocycles. The number of rotatable bonds is 5. The predicted octanol–water partition coefficient (Wildman–Crippen LogP) is 2.89. The lowest BCUT2D eigenvalue weighted by Crippen LogP contribution is -2.10. The summed E-state index contributed by atoms with van der Waals surface area (Å²) in [5.74, 6) is -0.138. The van der Waals surface area contributed by atoms with E-state index in [0.29, 0.717) is 11.1 Å². The summed E-state index contributed by atoms with van der Waals surface area (Å²) in [6, 6.07) is 13.0. The van der Waals surface area contributed by atoms with Gasteiger partial charge in [-0.2, -0.15) is 0 Å². The second-order valence-corrected chi connectivity index (χ2v) is 5.07. The van der Waals surface area contributed by atoms with E-state index in [1.165, 1.54) is 24.3 Å². The van der Waals surface area contributed by atoms with Crippen molar-refractivity contribution >= 4 is 11.5 Å². The Morgan fingerprint density at radius 2 is 1.48 bits per heavy atom. The molecule has 0 amide bonds. The molecule has 0 aliphatic heterocycles. The molecule has 21 heavy (non-hydrogen) atoms. The monoisotopic (exact) mass is 284 g/mol. The Morgan fingerprint density at radius 3 is 1.90 bits per heavy atom. The summed E-state index contributed by atoms with van der Waals surface area (Å²) in [7, 11) is 3.96. The fourth-order valence-electron chi connectivity index (χ4n) is 2.03. The van der Waals surface area contributed by atoms with Gasteiger partial charge in [-0.25, -0.2) is 0 Å². The van der Waals surface area contributed by atoms with E-state index in [-0.39, 0.29) is 11.5 Å². The smallest absolute Gasteiger partial charge is 0.269 e. The minimum absolute atomic E-state index is 0.0205. The van der Waals surface area contributed by atoms with Gasteiger partial charge in [0.1, 0.15) is 0 Å². The molecule has 0 N–H and O–H groups in total. The molecule has 0 aromatic heterocycles. The standard InChI is InChI=1S/C16H16N2O3/c1-17(2)11-12-3-5-13(6-4-12)16(19)14-7-9-15(10-8-14)18(20)21/h3-10H,11H2,1-2H3. The molecule has 0 fully saturated rings. The highest BCUT2D eigenvalue weighted by Gasteiger charge is 2.11. The van der Waals surface area contributed by atoms with Crippen molar-refractivity contribution in [3.05, 3.63) is 75.3 Å². The zero-order valence-corrected chi connectivity index (χ0v) is 11.9. The fraction of sp³-hybridized carbons (Fsp3) is 0.188. The number of carbonyl (C=O) groups excluding carboxylic acids is 1. The molecule has 0 atom stereocenters. The summed E-state index contributed by atoms with van der Waals surface area (Å²) < 4.78 is 0. The van der Waals surface area contributed by atoms with Crippen molar-refractivity contribution in [3.63, 3.8) is 0 Å². The van der Waals surface area contributed by atoms with Crippen LogP contribution in [0.1, 0.15) is 21.5 Å². The van der Waals surface area contributed by atoms with Crippen molar-refractivity contribution < 1.29 is 9.72 Å². The highest BCUT2D eigenvalue weighted by atomic mass is 16.6. The van der Waals surface area contributed by atoms with E-state index < -0.39 is 4.92 Å². The molecule has 2 aromatic rings. The minimum Gasteiger partial charge on any atom is -0.305 e. The molecule has 0 heterocycles. The molecule has 0 aliphatic carbocycles. The van der Waals surface area contributed by atoms with Crippen LogP contribution in [0.15, 0.2) is 48.5 Å². The van der Waals surface area contributed by atoms with Gasteiger partial charge in [-0.15, -0.1) is 0 Å². The van der Waals surface area contributed by atoms with E-state index in [1.54, 1.807) is 12.1 Å². The fourth-order valence-corrected chi connectivity index (χ4v) is 2.03. The van der Waals surface area contributed by atoms with Crippen LogP contribution in [0.4, 0.5) is 5.69 Å². The highest BCUT2D eigenvalue weighted by Crippen LogP contribution is 2.16. The third-order valence-corrected chi connectivity index (χ3v) is 3.06. The van der Waals surface area contributed by atoms with Gasteiger partial charge in [-0.1, -0.05) is 24.3 Å². The normalized spacial score (nSPS) is 10.6. The molecule has 5 nitrogen and oxygen atoms in total. The molecule has 2 rings (SSSR count). The van der Waals surface area contributed by atoms with Gasteiger partial charge in [0, 0.05) is 29.8 Å². The van der Waals surface area contributed by atoms with Gasteiger partial charge >= 0.3 is 0 Å². The van der Waals surface area contributed by atoms with E-state index in [2.05, 4.69) is 0 Å². The Labute approximate surface area is 123 Å². The second-order valence-electron chi connectivity index (χ2n) is 5.07. The molecular formula is C16H16N2O3. The number of ketones is 1. The van der Waals surface area contributed by atoms with Crippen LogP contribution in [0.25, 0.3) is 0 Å². The topological polar surface area (TPSA) is 63.5 Å². The van der Waals surface area contributed by atoms with Crippen molar-refractivity contribution in [3.8, 4) is 0 Å². The van der Waals surface area contributed by atoms with Crippen molar-refractivity contribution in [2.45, 2.75) is 6.54 Å². The third kappa shape index (κ3) is 3.73. The van der Waals surface area contributed by atoms with Gasteiger partial charge in [0.25, 0.3) is 5.69 Å². The number of non-ortho nitro benzene ring substituents is 1. The summed E-state index contributed by atoms with van der Waals surface area (Å²) in [5.41, 5.74) is 2.13.